The predicted octanol–water partition coefficient (Wildman–Crippen LogP) is 4.42. The number of hydrogen-bond acceptors (Lipinski definition) is 1. The maximum Gasteiger partial charge on any atom is 0.163 e. The quantitative estimate of drug-likeness (QED) is 0.643. The van der Waals surface area contributed by atoms with E-state index in [9.17, 15) is 0 Å². The average molecular weight is 267 g/mol. The minimum Gasteiger partial charge on any atom is -0.475 e. The van der Waals surface area contributed by atoms with Gasteiger partial charge in [-0.15, -0.1) is 13.0 Å². The van der Waals surface area contributed by atoms with Gasteiger partial charge < -0.3 is 9.72 Å². The van der Waals surface area contributed by atoms with E-state index in [1.807, 2.05) is 38.1 Å². The standard InChI is InChI=1S/C18H21NO/c1-7-17(3,4)16-11-13-9-10-14(12-15(13)19-16)20-18(5,6)8-2/h2,7,9-12,19H,1H2,3-6H3. The molecular formula is C18H21NO. The Morgan fingerprint density at radius 1 is 1.25 bits per heavy atom. The SMILES string of the molecule is C#CC(C)(C)Oc1ccc2cc(C(C)(C)C=C)[nH]c2c1. The van der Waals surface area contributed by atoms with Crippen molar-refractivity contribution in [2.24, 2.45) is 0 Å². The molecule has 104 valence electrons. The van der Waals surface area contributed by atoms with Gasteiger partial charge in [-0.2, -0.15) is 0 Å². The molecule has 0 bridgehead atoms. The summed E-state index contributed by atoms with van der Waals surface area (Å²) in [7, 11) is 0. The lowest BCUT2D eigenvalue weighted by Crippen LogP contribution is -2.25. The maximum absolute atomic E-state index is 5.80. The largest absolute Gasteiger partial charge is 0.475 e. The zero-order chi connectivity index (χ0) is 15.0. The third-order valence-electron chi connectivity index (χ3n) is 3.52. The molecule has 2 rings (SSSR count). The van der Waals surface area contributed by atoms with Gasteiger partial charge in [0.1, 0.15) is 5.75 Å². The van der Waals surface area contributed by atoms with E-state index in [-0.39, 0.29) is 5.41 Å². The van der Waals surface area contributed by atoms with E-state index in [0.717, 1.165) is 22.3 Å². The molecule has 0 fully saturated rings. The fourth-order valence-electron chi connectivity index (χ4n) is 1.95. The van der Waals surface area contributed by atoms with Gasteiger partial charge in [-0.1, -0.05) is 25.8 Å². The van der Waals surface area contributed by atoms with Crippen LogP contribution in [0.25, 0.3) is 10.9 Å². The van der Waals surface area contributed by atoms with Crippen LogP contribution in [0.4, 0.5) is 0 Å². The molecule has 1 N–H and O–H groups in total. The van der Waals surface area contributed by atoms with Crippen LogP contribution in [0.2, 0.25) is 0 Å². The highest BCUT2D eigenvalue weighted by Gasteiger charge is 2.19. The second-order valence-corrected chi connectivity index (χ2v) is 6.11. The minimum absolute atomic E-state index is 0.0852. The number of rotatable bonds is 4. The number of nitrogens with one attached hydrogen (secondary N) is 1. The van der Waals surface area contributed by atoms with E-state index in [1.54, 1.807) is 0 Å². The fraction of sp³-hybridized carbons (Fsp3) is 0.333. The van der Waals surface area contributed by atoms with E-state index in [1.165, 1.54) is 0 Å². The minimum atomic E-state index is -0.608. The van der Waals surface area contributed by atoms with Gasteiger partial charge in [0.15, 0.2) is 5.60 Å². The van der Waals surface area contributed by atoms with Gasteiger partial charge >= 0.3 is 0 Å². The summed E-state index contributed by atoms with van der Waals surface area (Å²) >= 11 is 0. The summed E-state index contributed by atoms with van der Waals surface area (Å²) in [6.07, 6.45) is 7.39. The lowest BCUT2D eigenvalue weighted by atomic mass is 9.90. The molecule has 0 aliphatic carbocycles. The summed E-state index contributed by atoms with van der Waals surface area (Å²) in [5.74, 6) is 3.40. The second kappa shape index (κ2) is 4.76. The van der Waals surface area contributed by atoms with Gasteiger partial charge in [0.25, 0.3) is 0 Å². The van der Waals surface area contributed by atoms with Gasteiger partial charge in [0, 0.05) is 22.7 Å². The van der Waals surface area contributed by atoms with Crippen molar-refractivity contribution in [1.29, 1.82) is 0 Å². The van der Waals surface area contributed by atoms with Crippen molar-refractivity contribution in [1.82, 2.24) is 4.98 Å². The first-order valence-corrected chi connectivity index (χ1v) is 6.71. The Hall–Kier alpha value is -2.14. The summed E-state index contributed by atoms with van der Waals surface area (Å²) in [6, 6.07) is 8.11. The van der Waals surface area contributed by atoms with E-state index in [2.05, 4.69) is 37.4 Å². The van der Waals surface area contributed by atoms with Gasteiger partial charge in [0.05, 0.1) is 0 Å². The Morgan fingerprint density at radius 3 is 2.55 bits per heavy atom. The number of H-pyrrole nitrogens is 1. The molecule has 0 aliphatic heterocycles. The molecule has 2 nitrogen and oxygen atoms in total. The molecule has 1 heterocycles. The van der Waals surface area contributed by atoms with Gasteiger partial charge in [-0.05, 0) is 37.4 Å². The van der Waals surface area contributed by atoms with Crippen molar-refractivity contribution in [3.05, 3.63) is 42.6 Å². The number of allylic oxidation sites excluding steroid dienone is 1. The Kier molecular flexibility index (Phi) is 3.39. The Bertz CT molecular complexity index is 683. The van der Waals surface area contributed by atoms with Gasteiger partial charge in [-0.3, -0.25) is 0 Å². The third kappa shape index (κ3) is 2.72. The molecule has 0 atom stereocenters. The van der Waals surface area contributed by atoms with Crippen molar-refractivity contribution in [3.63, 3.8) is 0 Å². The first-order chi connectivity index (χ1) is 9.27. The van der Waals surface area contributed by atoms with Crippen molar-refractivity contribution >= 4 is 10.9 Å². The van der Waals surface area contributed by atoms with Crippen LogP contribution in [-0.2, 0) is 5.41 Å². The second-order valence-electron chi connectivity index (χ2n) is 6.11. The third-order valence-corrected chi connectivity index (χ3v) is 3.52. The molecule has 0 saturated heterocycles. The Morgan fingerprint density at radius 2 is 1.95 bits per heavy atom. The number of ether oxygens (including phenoxy) is 1. The smallest absolute Gasteiger partial charge is 0.163 e. The Balaban J connectivity index is 2.41. The summed E-state index contributed by atoms with van der Waals surface area (Å²) in [4.78, 5) is 3.43. The number of terminal acetylenes is 1. The van der Waals surface area contributed by atoms with E-state index in [0.29, 0.717) is 0 Å². The summed E-state index contributed by atoms with van der Waals surface area (Å²) in [6.45, 7) is 11.9. The number of aromatic amines is 1. The highest BCUT2D eigenvalue weighted by Crippen LogP contribution is 2.29. The average Bonchev–Trinajstić information content (AvgIpc) is 2.82. The van der Waals surface area contributed by atoms with Gasteiger partial charge in [-0.25, -0.2) is 0 Å². The summed E-state index contributed by atoms with van der Waals surface area (Å²) in [5, 5.41) is 1.15. The van der Waals surface area contributed by atoms with E-state index in [4.69, 9.17) is 11.2 Å². The van der Waals surface area contributed by atoms with Crippen LogP contribution >= 0.6 is 0 Å². The zero-order valence-corrected chi connectivity index (χ0v) is 12.6. The highest BCUT2D eigenvalue weighted by molar-refractivity contribution is 5.82. The van der Waals surface area contributed by atoms with Crippen LogP contribution in [0, 0.1) is 12.3 Å². The van der Waals surface area contributed by atoms with Crippen LogP contribution in [0.15, 0.2) is 36.9 Å². The van der Waals surface area contributed by atoms with Crippen molar-refractivity contribution in [2.75, 3.05) is 0 Å². The molecule has 0 amide bonds. The number of aromatic nitrogens is 1. The molecule has 0 unspecified atom stereocenters. The summed E-state index contributed by atoms with van der Waals surface area (Å²) in [5.41, 5.74) is 1.48. The lowest BCUT2D eigenvalue weighted by molar-refractivity contribution is 0.173. The molecule has 2 aromatic rings. The van der Waals surface area contributed by atoms with Crippen LogP contribution in [0.1, 0.15) is 33.4 Å². The molecule has 0 radical (unpaired) electrons. The number of fused-ring (bicyclic) bond motifs is 1. The molecule has 1 aromatic carbocycles. The van der Waals surface area contributed by atoms with E-state index < -0.39 is 5.60 Å². The summed E-state index contributed by atoms with van der Waals surface area (Å²) < 4.78 is 5.80. The molecule has 2 heteroatoms. The monoisotopic (exact) mass is 267 g/mol. The number of benzene rings is 1. The van der Waals surface area contributed by atoms with Crippen molar-refractivity contribution in [3.8, 4) is 18.1 Å². The number of hydrogen-bond donors (Lipinski definition) is 1. The molecule has 0 aliphatic rings. The van der Waals surface area contributed by atoms with Crippen LogP contribution in [0.5, 0.6) is 5.75 Å². The van der Waals surface area contributed by atoms with Crippen molar-refractivity contribution in [2.45, 2.75) is 38.7 Å². The fourth-order valence-corrected chi connectivity index (χ4v) is 1.95. The van der Waals surface area contributed by atoms with Crippen LogP contribution < -0.4 is 4.74 Å². The first-order valence-electron chi connectivity index (χ1n) is 6.71. The van der Waals surface area contributed by atoms with Crippen molar-refractivity contribution < 1.29 is 4.74 Å². The maximum atomic E-state index is 5.80. The highest BCUT2D eigenvalue weighted by atomic mass is 16.5. The van der Waals surface area contributed by atoms with E-state index >= 15 is 0 Å². The Labute approximate surface area is 120 Å². The first kappa shape index (κ1) is 14.3. The lowest BCUT2D eigenvalue weighted by Gasteiger charge is -2.20. The molecule has 20 heavy (non-hydrogen) atoms. The molecular weight excluding hydrogens is 246 g/mol. The zero-order valence-electron chi connectivity index (χ0n) is 12.6. The normalized spacial score (nSPS) is 12.2. The van der Waals surface area contributed by atoms with Crippen LogP contribution in [-0.4, -0.2) is 10.6 Å². The molecule has 0 saturated carbocycles. The predicted molar refractivity (Wildman–Crippen MR) is 85.1 cm³/mol. The molecule has 0 spiro atoms. The van der Waals surface area contributed by atoms with Crippen LogP contribution in [0.3, 0.4) is 0 Å². The molecule has 1 aromatic heterocycles. The van der Waals surface area contributed by atoms with Gasteiger partial charge in [0.2, 0.25) is 0 Å². The topological polar surface area (TPSA) is 25.0 Å².